The molecule has 0 N–H and O–H groups in total. The van der Waals surface area contributed by atoms with E-state index in [0.29, 0.717) is 0 Å². The van der Waals surface area contributed by atoms with Crippen LogP contribution in [0.25, 0.3) is 21.3 Å². The van der Waals surface area contributed by atoms with Crippen LogP contribution in [0.5, 0.6) is 0 Å². The molecule has 3 rings (SSSR count). The summed E-state index contributed by atoms with van der Waals surface area (Å²) < 4.78 is 5.55. The van der Waals surface area contributed by atoms with Gasteiger partial charge in [0, 0.05) is 0 Å². The maximum atomic E-state index is 4.39. The molecule has 1 aromatic heterocycles. The van der Waals surface area contributed by atoms with Gasteiger partial charge in [0.2, 0.25) is 0 Å². The number of aromatic nitrogens is 2. The Bertz CT molecular complexity index is 722. The quantitative estimate of drug-likeness (QED) is 0.654. The van der Waals surface area contributed by atoms with Crippen LogP contribution >= 0.6 is 0 Å². The van der Waals surface area contributed by atoms with E-state index < -0.39 is 0 Å². The topological polar surface area (TPSA) is 25.8 Å². The Morgan fingerprint density at radius 1 is 0.810 bits per heavy atom. The molecule has 0 saturated heterocycles. The predicted octanol–water partition coefficient (Wildman–Crippen LogP) is 4.17. The number of nitrogens with zero attached hydrogens (tertiary/aromatic N) is 2. The molecule has 0 fully saturated rings. The van der Waals surface area contributed by atoms with Gasteiger partial charge in [-0.15, -0.1) is 0 Å². The molecule has 3 aromatic rings. The monoisotopic (exact) mass is 342 g/mol. The van der Waals surface area contributed by atoms with E-state index in [1.165, 1.54) is 15.6 Å². The summed E-state index contributed by atoms with van der Waals surface area (Å²) in [6.45, 7) is 6.69. The van der Waals surface area contributed by atoms with Crippen molar-refractivity contribution in [3.8, 4) is 21.3 Å². The van der Waals surface area contributed by atoms with Crippen LogP contribution in [0.3, 0.4) is 0 Å². The molecule has 3 heteroatoms. The van der Waals surface area contributed by atoms with Gasteiger partial charge in [0.15, 0.2) is 0 Å². The van der Waals surface area contributed by atoms with Gasteiger partial charge in [-0.1, -0.05) is 0 Å². The van der Waals surface area contributed by atoms with E-state index in [9.17, 15) is 0 Å². The molecule has 106 valence electrons. The maximum absolute atomic E-state index is 4.39. The molecule has 2 nitrogen and oxygen atoms in total. The minimum absolute atomic E-state index is 0.0827. The first kappa shape index (κ1) is 14.2. The van der Waals surface area contributed by atoms with Gasteiger partial charge in [-0.05, 0) is 0 Å². The van der Waals surface area contributed by atoms with E-state index in [-0.39, 0.29) is 20.1 Å². The first-order chi connectivity index (χ1) is 10.1. The van der Waals surface area contributed by atoms with E-state index in [4.69, 9.17) is 0 Å². The van der Waals surface area contributed by atoms with Crippen molar-refractivity contribution in [2.45, 2.75) is 26.2 Å². The Kier molecular flexibility index (Phi) is 3.79. The summed E-state index contributed by atoms with van der Waals surface area (Å²) in [6, 6.07) is 19.2. The molecule has 21 heavy (non-hydrogen) atoms. The Morgan fingerprint density at radius 3 is 2.10 bits per heavy atom. The van der Waals surface area contributed by atoms with Gasteiger partial charge in [-0.2, -0.15) is 0 Å². The zero-order chi connectivity index (χ0) is 14.9. The molecule has 0 aliphatic heterocycles. The van der Waals surface area contributed by atoms with Crippen molar-refractivity contribution in [3.63, 3.8) is 0 Å². The average molecular weight is 341 g/mol. The van der Waals surface area contributed by atoms with Gasteiger partial charge in [0.1, 0.15) is 0 Å². The number of hydrogen-bond acceptors (Lipinski definition) is 2. The second-order valence-corrected chi connectivity index (χ2v) is 7.73. The van der Waals surface area contributed by atoms with Crippen molar-refractivity contribution >= 4 is 14.7 Å². The van der Waals surface area contributed by atoms with Crippen LogP contribution in [0.2, 0.25) is 0 Å². The molecule has 2 aromatic carbocycles. The fraction of sp³-hybridized carbons (Fsp3) is 0.222. The van der Waals surface area contributed by atoms with Crippen LogP contribution in [0, 0.1) is 0 Å². The Labute approximate surface area is 131 Å². The SMILES string of the molecule is CC(C)(C)c1ccc(-c2nn[se]c2-c2ccccc2)cc1. The summed E-state index contributed by atoms with van der Waals surface area (Å²) >= 11 is 0.0827. The molecule has 0 spiro atoms. The zero-order valence-electron chi connectivity index (χ0n) is 12.5. The Balaban J connectivity index is 2.01. The van der Waals surface area contributed by atoms with Crippen LogP contribution < -0.4 is 0 Å². The summed E-state index contributed by atoms with van der Waals surface area (Å²) in [5.74, 6) is 0. The summed E-state index contributed by atoms with van der Waals surface area (Å²) in [5, 5.41) is 4.39. The van der Waals surface area contributed by atoms with Crippen LogP contribution in [-0.4, -0.2) is 23.9 Å². The molecule has 0 aliphatic carbocycles. The predicted molar refractivity (Wildman–Crippen MR) is 88.5 cm³/mol. The molecule has 0 saturated carbocycles. The van der Waals surface area contributed by atoms with Gasteiger partial charge in [-0.25, -0.2) is 0 Å². The van der Waals surface area contributed by atoms with E-state index in [1.807, 2.05) is 6.07 Å². The third-order valence-electron chi connectivity index (χ3n) is 3.55. The number of rotatable bonds is 2. The van der Waals surface area contributed by atoms with Crippen LogP contribution in [0.15, 0.2) is 54.6 Å². The fourth-order valence-electron chi connectivity index (χ4n) is 2.29. The van der Waals surface area contributed by atoms with Gasteiger partial charge in [0.25, 0.3) is 0 Å². The molecule has 0 unspecified atom stereocenters. The van der Waals surface area contributed by atoms with Gasteiger partial charge in [-0.3, -0.25) is 0 Å². The van der Waals surface area contributed by atoms with Gasteiger partial charge in [0.05, 0.1) is 0 Å². The van der Waals surface area contributed by atoms with Crippen molar-refractivity contribution in [2.75, 3.05) is 0 Å². The van der Waals surface area contributed by atoms with Crippen LogP contribution in [0.4, 0.5) is 0 Å². The first-order valence-electron chi connectivity index (χ1n) is 7.04. The van der Waals surface area contributed by atoms with E-state index in [0.717, 1.165) is 11.3 Å². The molecule has 0 amide bonds. The fourth-order valence-corrected chi connectivity index (χ4v) is 3.74. The molecule has 0 atom stereocenters. The van der Waals surface area contributed by atoms with Crippen molar-refractivity contribution in [1.29, 1.82) is 0 Å². The number of hydrogen-bond donors (Lipinski definition) is 0. The van der Waals surface area contributed by atoms with Gasteiger partial charge >= 0.3 is 132 Å². The van der Waals surface area contributed by atoms with Gasteiger partial charge < -0.3 is 0 Å². The van der Waals surface area contributed by atoms with Crippen molar-refractivity contribution < 1.29 is 0 Å². The van der Waals surface area contributed by atoms with Crippen molar-refractivity contribution in [3.05, 3.63) is 60.2 Å². The molecule has 1 heterocycles. The third-order valence-corrected chi connectivity index (χ3v) is 5.17. The minimum atomic E-state index is 0.0827. The zero-order valence-corrected chi connectivity index (χ0v) is 14.2. The number of benzene rings is 2. The summed E-state index contributed by atoms with van der Waals surface area (Å²) in [6.07, 6.45) is 0. The summed E-state index contributed by atoms with van der Waals surface area (Å²) in [7, 11) is 0. The molecular formula is C18H18N2Se. The Hall–Kier alpha value is -1.70. The third kappa shape index (κ3) is 2.99. The molecule has 0 bridgehead atoms. The first-order valence-corrected chi connectivity index (χ1v) is 8.67. The van der Waals surface area contributed by atoms with Crippen molar-refractivity contribution in [2.24, 2.45) is 0 Å². The molecular weight excluding hydrogens is 323 g/mol. The van der Waals surface area contributed by atoms with Crippen molar-refractivity contribution in [1.82, 2.24) is 9.19 Å². The molecule has 0 aliphatic rings. The van der Waals surface area contributed by atoms with Crippen LogP contribution in [0.1, 0.15) is 26.3 Å². The second-order valence-electron chi connectivity index (χ2n) is 6.14. The standard InChI is InChI=1S/C18H18N2Se/c1-18(2,3)15-11-9-13(10-12-15)16-17(21-20-19-16)14-7-5-4-6-8-14/h4-12H,1-3H3. The Morgan fingerprint density at radius 2 is 1.48 bits per heavy atom. The normalized spacial score (nSPS) is 11.6. The molecule has 0 radical (unpaired) electrons. The summed E-state index contributed by atoms with van der Waals surface area (Å²) in [5.41, 5.74) is 4.94. The van der Waals surface area contributed by atoms with E-state index in [2.05, 4.69) is 78.5 Å². The van der Waals surface area contributed by atoms with E-state index >= 15 is 0 Å². The van der Waals surface area contributed by atoms with E-state index in [1.54, 1.807) is 0 Å². The average Bonchev–Trinajstić information content (AvgIpc) is 2.97. The summed E-state index contributed by atoms with van der Waals surface area (Å²) in [4.78, 5) is 0. The second kappa shape index (κ2) is 5.59. The van der Waals surface area contributed by atoms with Crippen LogP contribution in [-0.2, 0) is 5.41 Å².